The molecule has 18 heavy (non-hydrogen) atoms. The van der Waals surface area contributed by atoms with Gasteiger partial charge in [0, 0.05) is 5.41 Å². The number of phenols is 1. The Morgan fingerprint density at radius 3 is 2.33 bits per heavy atom. The molecule has 0 heterocycles. The topological polar surface area (TPSA) is 66.8 Å². The van der Waals surface area contributed by atoms with Crippen LogP contribution in [-0.2, 0) is 10.2 Å². The Kier molecular flexibility index (Phi) is 3.89. The SMILES string of the molecule is COc1cc(C(C)(C)CC(=O)O)c(C)c(C)c1O. The van der Waals surface area contributed by atoms with E-state index in [-0.39, 0.29) is 12.2 Å². The smallest absolute Gasteiger partial charge is 0.304 e. The molecule has 0 aromatic heterocycles. The number of aliphatic carboxylic acids is 1. The summed E-state index contributed by atoms with van der Waals surface area (Å²) in [6, 6.07) is 1.72. The van der Waals surface area contributed by atoms with Crippen molar-refractivity contribution in [1.29, 1.82) is 0 Å². The Morgan fingerprint density at radius 1 is 1.33 bits per heavy atom. The third kappa shape index (κ3) is 2.58. The minimum absolute atomic E-state index is 0.0290. The number of aromatic hydroxyl groups is 1. The lowest BCUT2D eigenvalue weighted by Gasteiger charge is -2.27. The zero-order chi connectivity index (χ0) is 14.1. The normalized spacial score (nSPS) is 11.4. The van der Waals surface area contributed by atoms with Crippen molar-refractivity contribution in [3.63, 3.8) is 0 Å². The van der Waals surface area contributed by atoms with Crippen molar-refractivity contribution >= 4 is 5.97 Å². The third-order valence-electron chi connectivity index (χ3n) is 3.37. The van der Waals surface area contributed by atoms with Gasteiger partial charge in [0.1, 0.15) is 0 Å². The minimum Gasteiger partial charge on any atom is -0.504 e. The molecule has 0 aliphatic heterocycles. The zero-order valence-electron chi connectivity index (χ0n) is 11.5. The predicted octanol–water partition coefficient (Wildman–Crippen LogP) is 2.77. The predicted molar refractivity (Wildman–Crippen MR) is 69.4 cm³/mol. The summed E-state index contributed by atoms with van der Waals surface area (Å²) in [7, 11) is 1.48. The lowest BCUT2D eigenvalue weighted by Crippen LogP contribution is -2.23. The van der Waals surface area contributed by atoms with Crippen molar-refractivity contribution in [2.45, 2.75) is 39.5 Å². The minimum atomic E-state index is -0.843. The maximum atomic E-state index is 10.9. The molecule has 4 nitrogen and oxygen atoms in total. The van der Waals surface area contributed by atoms with E-state index in [2.05, 4.69) is 0 Å². The average Bonchev–Trinajstić information content (AvgIpc) is 2.24. The maximum Gasteiger partial charge on any atom is 0.304 e. The fraction of sp³-hybridized carbons (Fsp3) is 0.500. The number of carboxylic acids is 1. The van der Waals surface area contributed by atoms with Gasteiger partial charge < -0.3 is 14.9 Å². The van der Waals surface area contributed by atoms with Gasteiger partial charge in [-0.2, -0.15) is 0 Å². The van der Waals surface area contributed by atoms with Crippen molar-refractivity contribution in [1.82, 2.24) is 0 Å². The van der Waals surface area contributed by atoms with E-state index < -0.39 is 11.4 Å². The van der Waals surface area contributed by atoms with Gasteiger partial charge in [-0.15, -0.1) is 0 Å². The lowest BCUT2D eigenvalue weighted by molar-refractivity contribution is -0.138. The van der Waals surface area contributed by atoms with Crippen LogP contribution in [0.25, 0.3) is 0 Å². The molecule has 0 bridgehead atoms. The number of carbonyl (C=O) groups is 1. The number of benzene rings is 1. The molecule has 1 aromatic carbocycles. The Labute approximate surface area is 107 Å². The van der Waals surface area contributed by atoms with Crippen LogP contribution >= 0.6 is 0 Å². The number of carboxylic acid groups (broad SMARTS) is 1. The van der Waals surface area contributed by atoms with Gasteiger partial charge in [-0.3, -0.25) is 4.79 Å². The van der Waals surface area contributed by atoms with E-state index in [1.807, 2.05) is 20.8 Å². The van der Waals surface area contributed by atoms with Crippen molar-refractivity contribution in [3.05, 3.63) is 22.8 Å². The summed E-state index contributed by atoms with van der Waals surface area (Å²) in [5, 5.41) is 18.9. The monoisotopic (exact) mass is 252 g/mol. The molecule has 1 aromatic rings. The second-order valence-electron chi connectivity index (χ2n) is 5.18. The number of hydrogen-bond acceptors (Lipinski definition) is 3. The van der Waals surface area contributed by atoms with Crippen LogP contribution in [0.3, 0.4) is 0 Å². The fourth-order valence-electron chi connectivity index (χ4n) is 2.20. The van der Waals surface area contributed by atoms with E-state index in [1.54, 1.807) is 13.0 Å². The standard InChI is InChI=1S/C14H20O4/c1-8-9(2)13(17)11(18-5)6-10(8)14(3,4)7-12(15)16/h6,17H,7H2,1-5H3,(H,15,16). The van der Waals surface area contributed by atoms with Crippen molar-refractivity contribution < 1.29 is 19.7 Å². The first-order chi connectivity index (χ1) is 8.20. The average molecular weight is 252 g/mol. The summed E-state index contributed by atoms with van der Waals surface area (Å²) in [5.41, 5.74) is 2.00. The molecular formula is C14H20O4. The highest BCUT2D eigenvalue weighted by Gasteiger charge is 2.28. The Balaban J connectivity index is 3.41. The third-order valence-corrected chi connectivity index (χ3v) is 3.37. The maximum absolute atomic E-state index is 10.9. The summed E-state index contributed by atoms with van der Waals surface area (Å²) in [6.45, 7) is 7.43. The summed E-state index contributed by atoms with van der Waals surface area (Å²) < 4.78 is 5.12. The molecule has 0 saturated heterocycles. The number of hydrogen-bond donors (Lipinski definition) is 2. The quantitative estimate of drug-likeness (QED) is 0.864. The highest BCUT2D eigenvalue weighted by atomic mass is 16.5. The molecule has 0 atom stereocenters. The van der Waals surface area contributed by atoms with Gasteiger partial charge in [0.25, 0.3) is 0 Å². The first kappa shape index (κ1) is 14.4. The molecule has 0 unspecified atom stereocenters. The van der Waals surface area contributed by atoms with E-state index in [4.69, 9.17) is 9.84 Å². The van der Waals surface area contributed by atoms with Crippen LogP contribution in [-0.4, -0.2) is 23.3 Å². The summed E-state index contributed by atoms with van der Waals surface area (Å²) in [6.07, 6.45) is 0.0290. The number of rotatable bonds is 4. The molecule has 100 valence electrons. The molecular weight excluding hydrogens is 232 g/mol. The van der Waals surface area contributed by atoms with Crippen LogP contribution in [0.5, 0.6) is 11.5 Å². The van der Waals surface area contributed by atoms with Crippen LogP contribution in [0.2, 0.25) is 0 Å². The Hall–Kier alpha value is -1.71. The number of methoxy groups -OCH3 is 1. The molecule has 0 aliphatic rings. The molecule has 2 N–H and O–H groups in total. The summed E-state index contributed by atoms with van der Waals surface area (Å²) in [4.78, 5) is 10.9. The Bertz CT molecular complexity index is 475. The van der Waals surface area contributed by atoms with Gasteiger partial charge >= 0.3 is 5.97 Å². The molecule has 0 radical (unpaired) electrons. The van der Waals surface area contributed by atoms with E-state index in [0.717, 1.165) is 16.7 Å². The largest absolute Gasteiger partial charge is 0.504 e. The van der Waals surface area contributed by atoms with Crippen LogP contribution in [0.1, 0.15) is 37.0 Å². The van der Waals surface area contributed by atoms with Gasteiger partial charge in [0.15, 0.2) is 11.5 Å². The molecule has 4 heteroatoms. The van der Waals surface area contributed by atoms with Crippen LogP contribution < -0.4 is 4.74 Å². The molecule has 1 rings (SSSR count). The summed E-state index contributed by atoms with van der Waals surface area (Å²) >= 11 is 0. The van der Waals surface area contributed by atoms with Gasteiger partial charge in [-0.25, -0.2) is 0 Å². The fourth-order valence-corrected chi connectivity index (χ4v) is 2.20. The second-order valence-corrected chi connectivity index (χ2v) is 5.18. The molecule has 0 amide bonds. The second kappa shape index (κ2) is 4.88. The van der Waals surface area contributed by atoms with Crippen molar-refractivity contribution in [2.24, 2.45) is 0 Å². The van der Waals surface area contributed by atoms with Gasteiger partial charge in [0.2, 0.25) is 0 Å². The van der Waals surface area contributed by atoms with Gasteiger partial charge in [-0.05, 0) is 36.6 Å². The van der Waals surface area contributed by atoms with Gasteiger partial charge in [-0.1, -0.05) is 13.8 Å². The molecule has 0 fully saturated rings. The van der Waals surface area contributed by atoms with E-state index >= 15 is 0 Å². The molecule has 0 aliphatic carbocycles. The zero-order valence-corrected chi connectivity index (χ0v) is 11.5. The Morgan fingerprint density at radius 2 is 1.89 bits per heavy atom. The van der Waals surface area contributed by atoms with E-state index in [9.17, 15) is 9.90 Å². The van der Waals surface area contributed by atoms with Crippen molar-refractivity contribution in [2.75, 3.05) is 7.11 Å². The van der Waals surface area contributed by atoms with E-state index in [0.29, 0.717) is 5.75 Å². The van der Waals surface area contributed by atoms with Crippen LogP contribution in [0.15, 0.2) is 6.07 Å². The lowest BCUT2D eigenvalue weighted by atomic mass is 9.78. The van der Waals surface area contributed by atoms with Gasteiger partial charge in [0.05, 0.1) is 13.5 Å². The summed E-state index contributed by atoms with van der Waals surface area (Å²) in [5.74, 6) is -0.347. The number of phenolic OH excluding ortho intramolecular Hbond substituents is 1. The highest BCUT2D eigenvalue weighted by Crippen LogP contribution is 2.40. The van der Waals surface area contributed by atoms with Crippen molar-refractivity contribution in [3.8, 4) is 11.5 Å². The first-order valence-corrected chi connectivity index (χ1v) is 5.80. The molecule has 0 saturated carbocycles. The first-order valence-electron chi connectivity index (χ1n) is 5.80. The molecule has 0 spiro atoms. The van der Waals surface area contributed by atoms with Crippen LogP contribution in [0.4, 0.5) is 0 Å². The van der Waals surface area contributed by atoms with Crippen LogP contribution in [0, 0.1) is 13.8 Å². The highest BCUT2D eigenvalue weighted by molar-refractivity contribution is 5.69. The van der Waals surface area contributed by atoms with E-state index in [1.165, 1.54) is 7.11 Å². The number of ether oxygens (including phenoxy) is 1.